The van der Waals surface area contributed by atoms with Crippen LogP contribution in [0.15, 0.2) is 96.4 Å². The number of halogens is 2. The third kappa shape index (κ3) is 5.43. The molecule has 0 fully saturated rings. The normalized spacial score (nSPS) is 11.4. The second-order valence-electron chi connectivity index (χ2n) is 8.09. The largest absolute Gasteiger partial charge is 0.348 e. The van der Waals surface area contributed by atoms with Gasteiger partial charge in [0.05, 0.1) is 31.7 Å². The molecule has 0 unspecified atom stereocenters. The minimum absolute atomic E-state index is 0.00489. The van der Waals surface area contributed by atoms with E-state index < -0.39 is 10.0 Å². The zero-order valence-electron chi connectivity index (χ0n) is 19.1. The Bertz CT molecular complexity index is 1720. The summed E-state index contributed by atoms with van der Waals surface area (Å²) in [7, 11) is -3.89. The maximum atomic E-state index is 12.8. The topological polar surface area (TPSA) is 106 Å². The quantitative estimate of drug-likeness (QED) is 0.279. The van der Waals surface area contributed by atoms with E-state index in [1.54, 1.807) is 55.1 Å². The molecule has 2 aromatic heterocycles. The molecule has 0 spiro atoms. The van der Waals surface area contributed by atoms with Crippen LogP contribution in [-0.4, -0.2) is 28.9 Å². The molecule has 2 heterocycles. The van der Waals surface area contributed by atoms with Crippen molar-refractivity contribution < 1.29 is 13.2 Å². The molecule has 5 rings (SSSR count). The number of nitrogens with zero attached hydrogens (tertiary/aromatic N) is 3. The number of benzene rings is 3. The molecule has 1 amide bonds. The van der Waals surface area contributed by atoms with Crippen LogP contribution < -0.4 is 10.0 Å². The van der Waals surface area contributed by atoms with Gasteiger partial charge in [0.2, 0.25) is 0 Å². The van der Waals surface area contributed by atoms with Crippen molar-refractivity contribution in [1.29, 1.82) is 0 Å². The zero-order valence-corrected chi connectivity index (χ0v) is 21.4. The second kappa shape index (κ2) is 10.2. The Morgan fingerprint density at radius 1 is 0.946 bits per heavy atom. The summed E-state index contributed by atoms with van der Waals surface area (Å²) < 4.78 is 30.1. The van der Waals surface area contributed by atoms with Crippen molar-refractivity contribution in [3.05, 3.63) is 113 Å². The maximum absolute atomic E-state index is 12.8. The molecule has 0 aliphatic carbocycles. The summed E-state index contributed by atoms with van der Waals surface area (Å²) in [4.78, 5) is 21.1. The molecule has 0 bridgehead atoms. The minimum atomic E-state index is -3.89. The molecule has 8 nitrogen and oxygen atoms in total. The fourth-order valence-electron chi connectivity index (χ4n) is 3.72. The number of rotatable bonds is 7. The van der Waals surface area contributed by atoms with Crippen molar-refractivity contribution in [2.45, 2.75) is 11.4 Å². The predicted octanol–water partition coefficient (Wildman–Crippen LogP) is 5.46. The molecule has 186 valence electrons. The molecule has 37 heavy (non-hydrogen) atoms. The van der Waals surface area contributed by atoms with Gasteiger partial charge >= 0.3 is 0 Å². The van der Waals surface area contributed by atoms with Crippen molar-refractivity contribution in [2.24, 2.45) is 0 Å². The lowest BCUT2D eigenvalue weighted by atomic mass is 10.1. The number of hydrogen-bond acceptors (Lipinski definition) is 5. The van der Waals surface area contributed by atoms with Gasteiger partial charge in [-0.3, -0.25) is 19.1 Å². The van der Waals surface area contributed by atoms with E-state index in [0.717, 1.165) is 11.1 Å². The van der Waals surface area contributed by atoms with Gasteiger partial charge in [-0.25, -0.2) is 13.4 Å². The van der Waals surface area contributed by atoms with Gasteiger partial charge in [0.25, 0.3) is 15.9 Å². The number of amides is 1. The predicted molar refractivity (Wildman–Crippen MR) is 144 cm³/mol. The number of carbonyl (C=O) groups is 1. The fourth-order valence-corrected chi connectivity index (χ4v) is 5.16. The van der Waals surface area contributed by atoms with Gasteiger partial charge in [0, 0.05) is 30.2 Å². The first kappa shape index (κ1) is 24.8. The van der Waals surface area contributed by atoms with Gasteiger partial charge in [-0.2, -0.15) is 0 Å². The highest BCUT2D eigenvalue weighted by molar-refractivity contribution is 7.92. The lowest BCUT2D eigenvalue weighted by Crippen LogP contribution is -2.22. The minimum Gasteiger partial charge on any atom is -0.348 e. The van der Waals surface area contributed by atoms with Crippen molar-refractivity contribution >= 4 is 55.9 Å². The number of imidazole rings is 1. The summed E-state index contributed by atoms with van der Waals surface area (Å²) in [5, 5.41) is 3.29. The molecule has 11 heteroatoms. The fraction of sp³-hybridized carbons (Fsp3) is 0.0385. The Hall–Kier alpha value is -3.92. The Morgan fingerprint density at radius 3 is 2.59 bits per heavy atom. The average Bonchev–Trinajstić information content (AvgIpc) is 3.33. The molecule has 0 aliphatic rings. The molecular formula is C26H19Cl2N5O3S. The van der Waals surface area contributed by atoms with Gasteiger partial charge in [0.1, 0.15) is 6.33 Å². The standard InChI is InChI=1S/C26H19Cl2N5O3S/c27-22-8-7-21(13-23(22)28)37(35,36)32-19-4-1-5-20(12-19)33-16-31-24-11-18(6-9-25(24)33)26(34)30-15-17-3-2-10-29-14-17/h1-14,16,32H,15H2,(H,30,34). The van der Waals surface area contributed by atoms with E-state index in [-0.39, 0.29) is 20.8 Å². The molecule has 0 atom stereocenters. The average molecular weight is 552 g/mol. The Balaban J connectivity index is 1.36. The van der Waals surface area contributed by atoms with Crippen LogP contribution in [-0.2, 0) is 16.6 Å². The number of carbonyl (C=O) groups excluding carboxylic acids is 1. The van der Waals surface area contributed by atoms with Crippen molar-refractivity contribution in [3.8, 4) is 5.69 Å². The highest BCUT2D eigenvalue weighted by atomic mass is 35.5. The van der Waals surface area contributed by atoms with Gasteiger partial charge < -0.3 is 5.32 Å². The number of hydrogen-bond donors (Lipinski definition) is 2. The number of fused-ring (bicyclic) bond motifs is 1. The summed E-state index contributed by atoms with van der Waals surface area (Å²) in [6.45, 7) is 0.365. The van der Waals surface area contributed by atoms with Crippen molar-refractivity contribution in [2.75, 3.05) is 4.72 Å². The van der Waals surface area contributed by atoms with Gasteiger partial charge in [0.15, 0.2) is 0 Å². The van der Waals surface area contributed by atoms with Crippen LogP contribution in [0.2, 0.25) is 10.0 Å². The Labute approximate surface area is 223 Å². The number of sulfonamides is 1. The van der Waals surface area contributed by atoms with Crippen LogP contribution in [0.1, 0.15) is 15.9 Å². The zero-order chi connectivity index (χ0) is 26.0. The van der Waals surface area contributed by atoms with Crippen LogP contribution in [0, 0.1) is 0 Å². The molecule has 0 aliphatic heterocycles. The van der Waals surface area contributed by atoms with E-state index in [4.69, 9.17) is 23.2 Å². The smallest absolute Gasteiger partial charge is 0.261 e. The first-order chi connectivity index (χ1) is 17.8. The number of anilines is 1. The van der Waals surface area contributed by atoms with Crippen LogP contribution in [0.5, 0.6) is 0 Å². The Morgan fingerprint density at radius 2 is 1.81 bits per heavy atom. The SMILES string of the molecule is O=C(NCc1cccnc1)c1ccc2c(c1)ncn2-c1cccc(NS(=O)(=O)c2ccc(Cl)c(Cl)c2)c1. The molecule has 5 aromatic rings. The van der Waals surface area contributed by atoms with E-state index in [1.807, 2.05) is 22.8 Å². The second-order valence-corrected chi connectivity index (χ2v) is 10.6. The van der Waals surface area contributed by atoms with Crippen LogP contribution in [0.4, 0.5) is 5.69 Å². The lowest BCUT2D eigenvalue weighted by Gasteiger charge is -2.11. The molecule has 0 radical (unpaired) electrons. The highest BCUT2D eigenvalue weighted by Gasteiger charge is 2.17. The summed E-state index contributed by atoms with van der Waals surface area (Å²) in [5.74, 6) is -0.223. The molecule has 0 saturated heterocycles. The molecular weight excluding hydrogens is 533 g/mol. The molecule has 2 N–H and O–H groups in total. The third-order valence-electron chi connectivity index (χ3n) is 5.56. The molecule has 0 saturated carbocycles. The van der Waals surface area contributed by atoms with Gasteiger partial charge in [-0.05, 0) is 66.2 Å². The number of nitrogens with one attached hydrogen (secondary N) is 2. The van der Waals surface area contributed by atoms with Gasteiger partial charge in [-0.1, -0.05) is 35.3 Å². The molecule has 3 aromatic carbocycles. The van der Waals surface area contributed by atoms with Crippen molar-refractivity contribution in [1.82, 2.24) is 19.9 Å². The first-order valence-corrected chi connectivity index (χ1v) is 13.3. The third-order valence-corrected chi connectivity index (χ3v) is 7.68. The first-order valence-electron chi connectivity index (χ1n) is 11.0. The summed E-state index contributed by atoms with van der Waals surface area (Å²) >= 11 is 11.9. The van der Waals surface area contributed by atoms with Crippen LogP contribution >= 0.6 is 23.2 Å². The van der Waals surface area contributed by atoms with E-state index >= 15 is 0 Å². The van der Waals surface area contributed by atoms with Gasteiger partial charge in [-0.15, -0.1) is 0 Å². The van der Waals surface area contributed by atoms with E-state index in [0.29, 0.717) is 29.0 Å². The number of aromatic nitrogens is 3. The van der Waals surface area contributed by atoms with E-state index in [2.05, 4.69) is 20.0 Å². The van der Waals surface area contributed by atoms with Crippen LogP contribution in [0.3, 0.4) is 0 Å². The summed E-state index contributed by atoms with van der Waals surface area (Å²) in [6, 6.07) is 19.9. The van der Waals surface area contributed by atoms with E-state index in [9.17, 15) is 13.2 Å². The van der Waals surface area contributed by atoms with Crippen LogP contribution in [0.25, 0.3) is 16.7 Å². The summed E-state index contributed by atoms with van der Waals surface area (Å²) in [5.41, 5.74) is 3.80. The highest BCUT2D eigenvalue weighted by Crippen LogP contribution is 2.27. The lowest BCUT2D eigenvalue weighted by molar-refractivity contribution is 0.0951. The number of pyridine rings is 1. The maximum Gasteiger partial charge on any atom is 0.261 e. The van der Waals surface area contributed by atoms with Crippen molar-refractivity contribution in [3.63, 3.8) is 0 Å². The summed E-state index contributed by atoms with van der Waals surface area (Å²) in [6.07, 6.45) is 4.99. The van der Waals surface area contributed by atoms with E-state index in [1.165, 1.54) is 18.2 Å². The monoisotopic (exact) mass is 551 g/mol. The Kier molecular flexibility index (Phi) is 6.84.